The molecule has 3 aromatic rings. The van der Waals surface area contributed by atoms with Crippen LogP contribution < -0.4 is 10.2 Å². The van der Waals surface area contributed by atoms with Gasteiger partial charge in [0.25, 0.3) is 5.91 Å². The number of carbonyl (C=O) groups is 1. The fourth-order valence-electron chi connectivity index (χ4n) is 3.55. The third kappa shape index (κ3) is 5.76. The number of aromatic nitrogens is 1. The second-order valence-electron chi connectivity index (χ2n) is 7.69. The quantitative estimate of drug-likeness (QED) is 0.253. The van der Waals surface area contributed by atoms with Gasteiger partial charge in [-0.25, -0.2) is 5.43 Å². The molecule has 1 amide bonds. The molecule has 0 aliphatic carbocycles. The van der Waals surface area contributed by atoms with Gasteiger partial charge in [0.2, 0.25) is 0 Å². The minimum Gasteiger partial charge on any atom is -0.484 e. The second kappa shape index (κ2) is 10.1. The summed E-state index contributed by atoms with van der Waals surface area (Å²) in [5.41, 5.74) is 10.4. The van der Waals surface area contributed by atoms with E-state index in [-0.39, 0.29) is 12.5 Å². The Balaban J connectivity index is 1.64. The molecule has 1 N–H and O–H groups in total. The van der Waals surface area contributed by atoms with Crippen molar-refractivity contribution in [2.24, 2.45) is 5.10 Å². The number of halogens is 1. The van der Waals surface area contributed by atoms with Gasteiger partial charge in [-0.05, 0) is 110 Å². The molecule has 0 fully saturated rings. The number of hydrazone groups is 1. The molecule has 6 heteroatoms. The van der Waals surface area contributed by atoms with Crippen molar-refractivity contribution in [1.82, 2.24) is 9.99 Å². The zero-order valence-corrected chi connectivity index (χ0v) is 20.8. The van der Waals surface area contributed by atoms with E-state index in [1.54, 1.807) is 6.21 Å². The number of aryl methyl sites for hydroxylation is 4. The standard InChI is InChI=1S/C25H28IN3O2/c1-6-20-9-16(2)10-23(13-20)31-15-25(30)28-27-14-21-12-18(4)29(19(21)5)22-7-8-24(26)17(3)11-22/h7-14H,6,15H2,1-5H3,(H,28,30)/b27-14+. The average molecular weight is 529 g/mol. The molecule has 5 nitrogen and oxygen atoms in total. The molecule has 162 valence electrons. The van der Waals surface area contributed by atoms with Crippen LogP contribution in [0, 0.1) is 31.3 Å². The van der Waals surface area contributed by atoms with E-state index in [0.29, 0.717) is 5.75 Å². The Labute approximate surface area is 197 Å². The number of carbonyl (C=O) groups excluding carboxylic acids is 1. The predicted molar refractivity (Wildman–Crippen MR) is 134 cm³/mol. The molecule has 0 atom stereocenters. The van der Waals surface area contributed by atoms with Crippen LogP contribution in [-0.4, -0.2) is 23.3 Å². The second-order valence-corrected chi connectivity index (χ2v) is 8.85. The van der Waals surface area contributed by atoms with E-state index >= 15 is 0 Å². The number of nitrogens with zero attached hydrogens (tertiary/aromatic N) is 2. The summed E-state index contributed by atoms with van der Waals surface area (Å²) in [4.78, 5) is 12.1. The smallest absolute Gasteiger partial charge is 0.277 e. The molecule has 0 unspecified atom stereocenters. The molecule has 0 saturated carbocycles. The van der Waals surface area contributed by atoms with Gasteiger partial charge in [-0.3, -0.25) is 4.79 Å². The van der Waals surface area contributed by atoms with E-state index in [1.807, 2.05) is 19.1 Å². The molecule has 0 aliphatic heterocycles. The maximum Gasteiger partial charge on any atom is 0.277 e. The number of benzene rings is 2. The van der Waals surface area contributed by atoms with Crippen molar-refractivity contribution in [1.29, 1.82) is 0 Å². The first kappa shape index (κ1) is 23.1. The fourth-order valence-corrected chi connectivity index (χ4v) is 3.89. The van der Waals surface area contributed by atoms with Gasteiger partial charge in [-0.15, -0.1) is 0 Å². The summed E-state index contributed by atoms with van der Waals surface area (Å²) >= 11 is 2.34. The summed E-state index contributed by atoms with van der Waals surface area (Å²) in [5.74, 6) is 0.408. The average Bonchev–Trinajstić information content (AvgIpc) is 3.01. The highest BCUT2D eigenvalue weighted by Gasteiger charge is 2.10. The Bertz CT molecular complexity index is 1130. The van der Waals surface area contributed by atoms with Crippen molar-refractivity contribution < 1.29 is 9.53 Å². The van der Waals surface area contributed by atoms with Crippen molar-refractivity contribution >= 4 is 34.7 Å². The monoisotopic (exact) mass is 529 g/mol. The van der Waals surface area contributed by atoms with Crippen LogP contribution in [0.1, 0.15) is 40.6 Å². The summed E-state index contributed by atoms with van der Waals surface area (Å²) in [5, 5.41) is 4.13. The zero-order valence-electron chi connectivity index (χ0n) is 18.6. The summed E-state index contributed by atoms with van der Waals surface area (Å²) in [6.45, 7) is 10.3. The summed E-state index contributed by atoms with van der Waals surface area (Å²) < 4.78 is 9.06. The molecule has 0 aliphatic rings. The summed E-state index contributed by atoms with van der Waals surface area (Å²) in [6.07, 6.45) is 2.60. The van der Waals surface area contributed by atoms with E-state index in [2.05, 4.69) is 95.7 Å². The van der Waals surface area contributed by atoms with Crippen LogP contribution in [0.2, 0.25) is 0 Å². The zero-order chi connectivity index (χ0) is 22.5. The molecular formula is C25H28IN3O2. The van der Waals surface area contributed by atoms with E-state index < -0.39 is 0 Å². The van der Waals surface area contributed by atoms with E-state index in [0.717, 1.165) is 34.6 Å². The molecule has 31 heavy (non-hydrogen) atoms. The van der Waals surface area contributed by atoms with E-state index in [1.165, 1.54) is 14.7 Å². The minimum atomic E-state index is -0.294. The van der Waals surface area contributed by atoms with Crippen molar-refractivity contribution in [2.45, 2.75) is 41.0 Å². The number of amides is 1. The first-order chi connectivity index (χ1) is 14.8. The lowest BCUT2D eigenvalue weighted by atomic mass is 10.1. The normalized spacial score (nSPS) is 11.2. The predicted octanol–water partition coefficient (Wildman–Crippen LogP) is 5.41. The number of rotatable bonds is 7. The first-order valence-electron chi connectivity index (χ1n) is 10.3. The first-order valence-corrected chi connectivity index (χ1v) is 11.4. The molecular weight excluding hydrogens is 501 g/mol. The summed E-state index contributed by atoms with van der Waals surface area (Å²) in [7, 11) is 0. The summed E-state index contributed by atoms with van der Waals surface area (Å²) in [6, 6.07) is 14.5. The maximum absolute atomic E-state index is 12.1. The van der Waals surface area contributed by atoms with Gasteiger partial charge in [-0.1, -0.05) is 13.0 Å². The Morgan fingerprint density at radius 3 is 2.61 bits per heavy atom. The van der Waals surface area contributed by atoms with E-state index in [4.69, 9.17) is 4.74 Å². The van der Waals surface area contributed by atoms with Crippen LogP contribution in [0.3, 0.4) is 0 Å². The highest BCUT2D eigenvalue weighted by Crippen LogP contribution is 2.22. The fraction of sp³-hybridized carbons (Fsp3) is 0.280. The highest BCUT2D eigenvalue weighted by molar-refractivity contribution is 14.1. The Kier molecular flexibility index (Phi) is 7.54. The van der Waals surface area contributed by atoms with Crippen molar-refractivity contribution in [2.75, 3.05) is 6.61 Å². The number of nitrogens with one attached hydrogen (secondary N) is 1. The molecule has 0 spiro atoms. The lowest BCUT2D eigenvalue weighted by Crippen LogP contribution is -2.24. The van der Waals surface area contributed by atoms with Crippen LogP contribution >= 0.6 is 22.6 Å². The van der Waals surface area contributed by atoms with Gasteiger partial charge in [0.1, 0.15) is 5.75 Å². The molecule has 3 rings (SSSR count). The number of ether oxygens (including phenoxy) is 1. The van der Waals surface area contributed by atoms with Crippen molar-refractivity contribution in [3.8, 4) is 11.4 Å². The van der Waals surface area contributed by atoms with Crippen LogP contribution in [0.5, 0.6) is 5.75 Å². The van der Waals surface area contributed by atoms with Gasteiger partial charge >= 0.3 is 0 Å². The van der Waals surface area contributed by atoms with E-state index in [9.17, 15) is 4.79 Å². The minimum absolute atomic E-state index is 0.0785. The molecule has 2 aromatic carbocycles. The lowest BCUT2D eigenvalue weighted by Gasteiger charge is -2.11. The van der Waals surface area contributed by atoms with Gasteiger partial charge in [0, 0.05) is 26.2 Å². The third-order valence-corrected chi connectivity index (χ3v) is 6.36. The van der Waals surface area contributed by atoms with Crippen LogP contribution in [0.4, 0.5) is 0 Å². The van der Waals surface area contributed by atoms with Crippen LogP contribution in [0.25, 0.3) is 5.69 Å². The topological polar surface area (TPSA) is 55.6 Å². The van der Waals surface area contributed by atoms with Gasteiger partial charge < -0.3 is 9.30 Å². The van der Waals surface area contributed by atoms with Crippen molar-refractivity contribution in [3.63, 3.8) is 0 Å². The van der Waals surface area contributed by atoms with Crippen molar-refractivity contribution in [3.05, 3.63) is 79.7 Å². The number of hydrogen-bond acceptors (Lipinski definition) is 3. The molecule has 1 heterocycles. The van der Waals surface area contributed by atoms with Crippen LogP contribution in [-0.2, 0) is 11.2 Å². The Hall–Kier alpha value is -2.61. The molecule has 1 aromatic heterocycles. The highest BCUT2D eigenvalue weighted by atomic mass is 127. The van der Waals surface area contributed by atoms with Crippen LogP contribution in [0.15, 0.2) is 47.6 Å². The maximum atomic E-state index is 12.1. The number of hydrogen-bond donors (Lipinski definition) is 1. The molecule has 0 bridgehead atoms. The van der Waals surface area contributed by atoms with Gasteiger partial charge in [0.15, 0.2) is 6.61 Å². The van der Waals surface area contributed by atoms with Gasteiger partial charge in [-0.2, -0.15) is 5.10 Å². The molecule has 0 saturated heterocycles. The Morgan fingerprint density at radius 1 is 1.13 bits per heavy atom. The Morgan fingerprint density at radius 2 is 1.90 bits per heavy atom. The molecule has 0 radical (unpaired) electrons. The SMILES string of the molecule is CCc1cc(C)cc(OCC(=O)N/N=C/c2cc(C)n(-c3ccc(I)c(C)c3)c2C)c1. The van der Waals surface area contributed by atoms with Gasteiger partial charge in [0.05, 0.1) is 6.21 Å². The largest absolute Gasteiger partial charge is 0.484 e. The lowest BCUT2D eigenvalue weighted by molar-refractivity contribution is -0.123. The third-order valence-electron chi connectivity index (χ3n) is 5.15.